The Hall–Kier alpha value is -0.700. The van der Waals surface area contributed by atoms with Gasteiger partial charge in [0.15, 0.2) is 0 Å². The Kier molecular flexibility index (Phi) is 4.85. The van der Waals surface area contributed by atoms with E-state index >= 15 is 0 Å². The molecule has 2 N–H and O–H groups in total. The smallest absolute Gasteiger partial charge is 0.266 e. The molecule has 1 fully saturated rings. The molecule has 1 rings (SSSR count). The minimum Gasteiger partial charge on any atom is -0.355 e. The zero-order chi connectivity index (χ0) is 15.8. The van der Waals surface area contributed by atoms with Crippen molar-refractivity contribution in [3.05, 3.63) is 0 Å². The van der Waals surface area contributed by atoms with Gasteiger partial charge in [-0.05, 0) is 40.5 Å². The van der Waals surface area contributed by atoms with Gasteiger partial charge in [0.05, 0.1) is 5.75 Å². The second-order valence-electron chi connectivity index (χ2n) is 6.60. The van der Waals surface area contributed by atoms with Crippen molar-refractivity contribution in [2.45, 2.75) is 51.6 Å². The number of rotatable bonds is 4. The predicted octanol–water partition coefficient (Wildman–Crippen LogP) is 0.605. The van der Waals surface area contributed by atoms with Crippen molar-refractivity contribution in [2.75, 3.05) is 12.3 Å². The Morgan fingerprint density at radius 2 is 1.70 bits per heavy atom. The second kappa shape index (κ2) is 5.59. The highest BCUT2D eigenvalue weighted by Gasteiger charge is 2.47. The molecular weight excluding hydrogens is 284 g/mol. The van der Waals surface area contributed by atoms with E-state index in [0.29, 0.717) is 12.8 Å². The third kappa shape index (κ3) is 4.41. The van der Waals surface area contributed by atoms with Crippen LogP contribution in [0.2, 0.25) is 0 Å². The van der Waals surface area contributed by atoms with Crippen molar-refractivity contribution in [1.29, 1.82) is 0 Å². The SMILES string of the molecule is CC1(C)CC(C(=O)NCCS(=O)(=O)O)CC(C)(C)N1[O]. The maximum absolute atomic E-state index is 12.2. The monoisotopic (exact) mass is 307 g/mol. The summed E-state index contributed by atoms with van der Waals surface area (Å²) in [5.74, 6) is -1.12. The number of piperidine rings is 1. The highest BCUT2D eigenvalue weighted by molar-refractivity contribution is 7.85. The van der Waals surface area contributed by atoms with Gasteiger partial charge in [-0.15, -0.1) is 10.3 Å². The Morgan fingerprint density at radius 3 is 2.10 bits per heavy atom. The molecular formula is C12H23N2O5S. The molecule has 1 aliphatic heterocycles. The fraction of sp³-hybridized carbons (Fsp3) is 0.917. The number of carbonyl (C=O) groups is 1. The van der Waals surface area contributed by atoms with E-state index < -0.39 is 26.9 Å². The van der Waals surface area contributed by atoms with E-state index in [1.165, 1.54) is 0 Å². The van der Waals surface area contributed by atoms with Crippen LogP contribution in [0.1, 0.15) is 40.5 Å². The summed E-state index contributed by atoms with van der Waals surface area (Å²) in [5.41, 5.74) is -1.29. The molecule has 0 aromatic heterocycles. The Morgan fingerprint density at radius 1 is 1.25 bits per heavy atom. The van der Waals surface area contributed by atoms with Crippen LogP contribution in [0.5, 0.6) is 0 Å². The van der Waals surface area contributed by atoms with Crippen LogP contribution in [0.15, 0.2) is 0 Å². The molecule has 1 aliphatic rings. The van der Waals surface area contributed by atoms with Crippen LogP contribution < -0.4 is 5.32 Å². The van der Waals surface area contributed by atoms with Gasteiger partial charge < -0.3 is 5.32 Å². The number of hydroxylamine groups is 2. The first-order valence-electron chi connectivity index (χ1n) is 6.55. The van der Waals surface area contributed by atoms with Gasteiger partial charge in [0.2, 0.25) is 5.91 Å². The molecule has 0 bridgehead atoms. The minimum atomic E-state index is -4.08. The first-order valence-corrected chi connectivity index (χ1v) is 8.16. The fourth-order valence-corrected chi connectivity index (χ4v) is 3.26. The lowest BCUT2D eigenvalue weighted by Gasteiger charge is -2.49. The third-order valence-electron chi connectivity index (χ3n) is 3.62. The average molecular weight is 307 g/mol. The summed E-state index contributed by atoms with van der Waals surface area (Å²) in [6.45, 7) is 7.04. The van der Waals surface area contributed by atoms with E-state index in [-0.39, 0.29) is 18.4 Å². The molecule has 1 radical (unpaired) electrons. The van der Waals surface area contributed by atoms with Gasteiger partial charge in [-0.1, -0.05) is 0 Å². The number of nitrogens with one attached hydrogen (secondary N) is 1. The third-order valence-corrected chi connectivity index (χ3v) is 4.34. The highest BCUT2D eigenvalue weighted by Crippen LogP contribution is 2.40. The van der Waals surface area contributed by atoms with Gasteiger partial charge in [0.1, 0.15) is 0 Å². The molecule has 0 aliphatic carbocycles. The molecule has 1 amide bonds. The standard InChI is InChI=1S/C12H23N2O5S/c1-11(2)7-9(8-12(3,4)14(11)16)10(15)13-5-6-20(17,18)19/h9H,5-8H2,1-4H3,(H,13,15)(H,17,18,19). The molecule has 7 nitrogen and oxygen atoms in total. The van der Waals surface area contributed by atoms with E-state index in [2.05, 4.69) is 5.32 Å². The Labute approximate surface area is 120 Å². The van der Waals surface area contributed by atoms with Gasteiger partial charge >= 0.3 is 0 Å². The second-order valence-corrected chi connectivity index (χ2v) is 8.17. The molecule has 1 saturated heterocycles. The van der Waals surface area contributed by atoms with E-state index in [1.54, 1.807) is 27.7 Å². The van der Waals surface area contributed by atoms with Crippen molar-refractivity contribution < 1.29 is 23.0 Å². The van der Waals surface area contributed by atoms with Gasteiger partial charge in [-0.2, -0.15) is 8.42 Å². The lowest BCUT2D eigenvalue weighted by Crippen LogP contribution is -2.60. The van der Waals surface area contributed by atoms with Crippen molar-refractivity contribution >= 4 is 16.0 Å². The minimum absolute atomic E-state index is 0.129. The maximum atomic E-state index is 12.2. The first-order chi connectivity index (χ1) is 8.85. The summed E-state index contributed by atoms with van der Waals surface area (Å²) in [5, 5.41) is 15.7. The number of carbonyl (C=O) groups excluding carboxylic acids is 1. The maximum Gasteiger partial charge on any atom is 0.266 e. The van der Waals surface area contributed by atoms with Crippen LogP contribution in [0.25, 0.3) is 0 Å². The van der Waals surface area contributed by atoms with Crippen LogP contribution >= 0.6 is 0 Å². The Balaban J connectivity index is 2.66. The summed E-state index contributed by atoms with van der Waals surface area (Å²) >= 11 is 0. The van der Waals surface area contributed by atoms with E-state index in [4.69, 9.17) is 4.55 Å². The normalized spacial score (nSPS) is 23.5. The number of hydrogen-bond acceptors (Lipinski definition) is 4. The van der Waals surface area contributed by atoms with E-state index in [0.717, 1.165) is 5.06 Å². The molecule has 0 saturated carbocycles. The zero-order valence-electron chi connectivity index (χ0n) is 12.3. The summed E-state index contributed by atoms with van der Waals surface area (Å²) < 4.78 is 29.8. The molecule has 8 heteroatoms. The first kappa shape index (κ1) is 17.4. The molecule has 117 valence electrons. The number of hydrogen-bond donors (Lipinski definition) is 2. The molecule has 0 spiro atoms. The lowest BCUT2D eigenvalue weighted by molar-refractivity contribution is -0.292. The largest absolute Gasteiger partial charge is 0.355 e. The highest BCUT2D eigenvalue weighted by atomic mass is 32.2. The van der Waals surface area contributed by atoms with E-state index in [9.17, 15) is 18.4 Å². The molecule has 20 heavy (non-hydrogen) atoms. The van der Waals surface area contributed by atoms with Crippen LogP contribution in [0, 0.1) is 5.92 Å². The van der Waals surface area contributed by atoms with Crippen LogP contribution in [-0.2, 0) is 20.1 Å². The predicted molar refractivity (Wildman–Crippen MR) is 72.8 cm³/mol. The summed E-state index contributed by atoms with van der Waals surface area (Å²) in [6, 6.07) is 0. The lowest BCUT2D eigenvalue weighted by atomic mass is 9.75. The zero-order valence-corrected chi connectivity index (χ0v) is 13.2. The van der Waals surface area contributed by atoms with Crippen molar-refractivity contribution in [1.82, 2.24) is 10.4 Å². The quantitative estimate of drug-likeness (QED) is 0.740. The van der Waals surface area contributed by atoms with Gasteiger partial charge in [0, 0.05) is 23.5 Å². The average Bonchev–Trinajstić information content (AvgIpc) is 2.23. The van der Waals surface area contributed by atoms with Gasteiger partial charge in [-0.3, -0.25) is 9.35 Å². The summed E-state index contributed by atoms with van der Waals surface area (Å²) in [6.07, 6.45) is 0.829. The van der Waals surface area contributed by atoms with Crippen molar-refractivity contribution in [3.63, 3.8) is 0 Å². The molecule has 0 unspecified atom stereocenters. The fourth-order valence-electron chi connectivity index (χ4n) is 2.90. The summed E-state index contributed by atoms with van der Waals surface area (Å²) in [4.78, 5) is 12.1. The van der Waals surface area contributed by atoms with Crippen molar-refractivity contribution in [3.8, 4) is 0 Å². The van der Waals surface area contributed by atoms with Gasteiger partial charge in [-0.25, -0.2) is 0 Å². The molecule has 0 atom stereocenters. The van der Waals surface area contributed by atoms with Crippen LogP contribution in [-0.4, -0.2) is 47.3 Å². The molecule has 1 heterocycles. The van der Waals surface area contributed by atoms with Crippen LogP contribution in [0.3, 0.4) is 0 Å². The van der Waals surface area contributed by atoms with Gasteiger partial charge in [0.25, 0.3) is 10.1 Å². The number of amides is 1. The van der Waals surface area contributed by atoms with Crippen molar-refractivity contribution in [2.24, 2.45) is 5.92 Å². The van der Waals surface area contributed by atoms with E-state index in [1.807, 2.05) is 0 Å². The number of nitrogens with zero attached hydrogens (tertiary/aromatic N) is 1. The van der Waals surface area contributed by atoms with Crippen LogP contribution in [0.4, 0.5) is 0 Å². The topological polar surface area (TPSA) is 107 Å². The molecule has 0 aromatic rings. The summed E-state index contributed by atoms with van der Waals surface area (Å²) in [7, 11) is -4.08. The Bertz CT molecular complexity index is 454. The molecule has 0 aromatic carbocycles.